The van der Waals surface area contributed by atoms with Gasteiger partial charge < -0.3 is 4.52 Å². The summed E-state index contributed by atoms with van der Waals surface area (Å²) in [7, 11) is 0. The van der Waals surface area contributed by atoms with E-state index in [-0.39, 0.29) is 16.2 Å². The van der Waals surface area contributed by atoms with Crippen LogP contribution in [0.1, 0.15) is 0 Å². The molecule has 6 heteroatoms. The first-order chi connectivity index (χ1) is 6.65. The maximum absolute atomic E-state index is 12.8. The molecule has 1 heterocycles. The Morgan fingerprint density at radius 2 is 1.86 bits per heavy atom. The fourth-order valence-electron chi connectivity index (χ4n) is 1.04. The van der Waals surface area contributed by atoms with Gasteiger partial charge in [-0.3, -0.25) is 0 Å². The summed E-state index contributed by atoms with van der Waals surface area (Å²) in [6, 6.07) is 3.04. The summed E-state index contributed by atoms with van der Waals surface area (Å²) in [6.45, 7) is 0. The smallest absolute Gasteiger partial charge is 0.314 e. The molecule has 0 unspecified atom stereocenters. The van der Waals surface area contributed by atoms with Crippen molar-refractivity contribution in [2.45, 2.75) is 0 Å². The zero-order chi connectivity index (χ0) is 10.1. The van der Waals surface area contributed by atoms with Gasteiger partial charge in [-0.25, -0.2) is 13.9 Å². The summed E-state index contributed by atoms with van der Waals surface area (Å²) < 4.78 is 30.2. The molecule has 0 aliphatic rings. The van der Waals surface area contributed by atoms with E-state index < -0.39 is 11.6 Å². The van der Waals surface area contributed by atoms with Gasteiger partial charge in [0.15, 0.2) is 5.82 Å². The minimum atomic E-state index is -0.678. The zero-order valence-electron chi connectivity index (χ0n) is 6.75. The van der Waals surface area contributed by atoms with Crippen molar-refractivity contribution in [3.63, 3.8) is 0 Å². The van der Waals surface area contributed by atoms with Crippen molar-refractivity contribution in [2.75, 3.05) is 0 Å². The van der Waals surface area contributed by atoms with E-state index in [1.807, 2.05) is 0 Å². The van der Waals surface area contributed by atoms with Crippen LogP contribution in [0.25, 0.3) is 11.4 Å². The lowest BCUT2D eigenvalue weighted by Crippen LogP contribution is -1.85. The molecule has 0 bridgehead atoms. The van der Waals surface area contributed by atoms with Crippen LogP contribution in [0.3, 0.4) is 0 Å². The number of hydrogen-bond acceptors (Lipinski definition) is 3. The number of benzene rings is 1. The second kappa shape index (κ2) is 3.30. The number of aromatic amines is 1. The van der Waals surface area contributed by atoms with Crippen LogP contribution >= 0.6 is 12.2 Å². The van der Waals surface area contributed by atoms with Crippen molar-refractivity contribution < 1.29 is 13.3 Å². The van der Waals surface area contributed by atoms with Crippen LogP contribution in [0, 0.1) is 16.5 Å². The predicted molar refractivity (Wildman–Crippen MR) is 47.0 cm³/mol. The summed E-state index contributed by atoms with van der Waals surface area (Å²) in [6.07, 6.45) is 0. The number of hydrogen-bond donors (Lipinski definition) is 1. The highest BCUT2D eigenvalue weighted by atomic mass is 32.1. The van der Waals surface area contributed by atoms with Crippen LogP contribution in [0.4, 0.5) is 8.78 Å². The van der Waals surface area contributed by atoms with Crippen LogP contribution < -0.4 is 0 Å². The lowest BCUT2D eigenvalue weighted by Gasteiger charge is -1.95. The molecule has 0 spiro atoms. The first kappa shape index (κ1) is 9.01. The Labute approximate surface area is 82.4 Å². The normalized spacial score (nSPS) is 10.4. The van der Waals surface area contributed by atoms with Crippen molar-refractivity contribution in [1.29, 1.82) is 0 Å². The third kappa shape index (κ3) is 1.69. The molecule has 0 saturated carbocycles. The fourth-order valence-corrected chi connectivity index (χ4v) is 1.18. The predicted octanol–water partition coefficient (Wildman–Crippen LogP) is 2.68. The molecule has 1 aromatic heterocycles. The molecular weight excluding hydrogens is 210 g/mol. The zero-order valence-corrected chi connectivity index (χ0v) is 7.57. The Morgan fingerprint density at radius 3 is 2.36 bits per heavy atom. The fraction of sp³-hybridized carbons (Fsp3) is 0. The first-order valence-electron chi connectivity index (χ1n) is 3.67. The van der Waals surface area contributed by atoms with Gasteiger partial charge >= 0.3 is 4.84 Å². The maximum atomic E-state index is 12.8. The molecule has 1 N–H and O–H groups in total. The minimum absolute atomic E-state index is 0.00957. The van der Waals surface area contributed by atoms with Crippen molar-refractivity contribution in [3.8, 4) is 11.4 Å². The summed E-state index contributed by atoms with van der Waals surface area (Å²) in [5, 5.41) is 2.35. The molecular formula is C8H4F2N2OS. The molecule has 0 fully saturated rings. The van der Waals surface area contributed by atoms with Gasteiger partial charge in [-0.15, -0.1) is 0 Å². The molecule has 3 nitrogen and oxygen atoms in total. The third-order valence-electron chi connectivity index (χ3n) is 1.57. The van der Waals surface area contributed by atoms with Gasteiger partial charge in [0, 0.05) is 11.6 Å². The SMILES string of the molecule is Fc1cc(F)cc(-c2nc(=S)o[nH]2)c1. The van der Waals surface area contributed by atoms with Crippen molar-refractivity contribution >= 4 is 12.2 Å². The summed E-state index contributed by atoms with van der Waals surface area (Å²) >= 11 is 4.60. The lowest BCUT2D eigenvalue weighted by molar-refractivity contribution is 0.406. The number of rotatable bonds is 1. The average Bonchev–Trinajstić information content (AvgIpc) is 2.50. The van der Waals surface area contributed by atoms with E-state index in [0.29, 0.717) is 0 Å². The number of nitrogens with one attached hydrogen (secondary N) is 1. The second-order valence-corrected chi connectivity index (χ2v) is 2.94. The van der Waals surface area contributed by atoms with Gasteiger partial charge in [0.1, 0.15) is 11.6 Å². The van der Waals surface area contributed by atoms with Crippen LogP contribution in [-0.2, 0) is 0 Å². The van der Waals surface area contributed by atoms with E-state index in [9.17, 15) is 8.78 Å². The van der Waals surface area contributed by atoms with Crippen LogP contribution in [-0.4, -0.2) is 10.1 Å². The van der Waals surface area contributed by atoms with Gasteiger partial charge in [0.2, 0.25) is 0 Å². The Bertz CT molecular complexity index is 500. The minimum Gasteiger partial charge on any atom is -0.348 e. The van der Waals surface area contributed by atoms with Crippen molar-refractivity contribution in [3.05, 3.63) is 34.7 Å². The van der Waals surface area contributed by atoms with Gasteiger partial charge in [-0.2, -0.15) is 4.98 Å². The quantitative estimate of drug-likeness (QED) is 0.742. The Morgan fingerprint density at radius 1 is 1.21 bits per heavy atom. The molecule has 0 aliphatic carbocycles. The summed E-state index contributed by atoms with van der Waals surface area (Å²) in [5.74, 6) is -1.15. The number of H-pyrrole nitrogens is 1. The Hall–Kier alpha value is -1.56. The first-order valence-corrected chi connectivity index (χ1v) is 4.08. The second-order valence-electron chi connectivity index (χ2n) is 2.59. The standard InChI is InChI=1S/C8H4F2N2OS/c9-5-1-4(2-6(10)3-5)7-11-8(14)13-12-7/h1-3H,(H,11,12,14). The highest BCUT2D eigenvalue weighted by Crippen LogP contribution is 2.17. The number of halogens is 2. The summed E-state index contributed by atoms with van der Waals surface area (Å²) in [5.41, 5.74) is 0.252. The van der Waals surface area contributed by atoms with Crippen LogP contribution in [0.15, 0.2) is 22.7 Å². The number of nitrogens with zero attached hydrogens (tertiary/aromatic N) is 1. The molecule has 0 radical (unpaired) electrons. The van der Waals surface area contributed by atoms with E-state index in [4.69, 9.17) is 0 Å². The Balaban J connectivity index is 2.56. The largest absolute Gasteiger partial charge is 0.348 e. The molecule has 2 rings (SSSR count). The third-order valence-corrected chi connectivity index (χ3v) is 1.75. The topological polar surface area (TPSA) is 41.8 Å². The average molecular weight is 214 g/mol. The van der Waals surface area contributed by atoms with Gasteiger partial charge in [0.25, 0.3) is 0 Å². The van der Waals surface area contributed by atoms with Crippen LogP contribution in [0.5, 0.6) is 0 Å². The van der Waals surface area contributed by atoms with Gasteiger partial charge in [-0.1, -0.05) is 0 Å². The van der Waals surface area contributed by atoms with E-state index in [1.165, 1.54) is 0 Å². The molecule has 0 saturated heterocycles. The van der Waals surface area contributed by atoms with E-state index in [2.05, 4.69) is 26.9 Å². The van der Waals surface area contributed by atoms with Gasteiger partial charge in [-0.05, 0) is 24.4 Å². The summed E-state index contributed by atoms with van der Waals surface area (Å²) in [4.78, 5) is 3.71. The highest BCUT2D eigenvalue weighted by Gasteiger charge is 2.06. The molecule has 0 aliphatic heterocycles. The Kier molecular flexibility index (Phi) is 2.12. The number of aromatic nitrogens is 2. The molecule has 1 aromatic carbocycles. The molecule has 72 valence electrons. The van der Waals surface area contributed by atoms with Crippen LogP contribution in [0.2, 0.25) is 0 Å². The van der Waals surface area contributed by atoms with E-state index in [1.54, 1.807) is 0 Å². The maximum Gasteiger partial charge on any atom is 0.314 e. The molecule has 0 atom stereocenters. The highest BCUT2D eigenvalue weighted by molar-refractivity contribution is 7.71. The molecule has 2 aromatic rings. The lowest BCUT2D eigenvalue weighted by atomic mass is 10.2. The van der Waals surface area contributed by atoms with Crippen molar-refractivity contribution in [2.24, 2.45) is 0 Å². The molecule has 14 heavy (non-hydrogen) atoms. The monoisotopic (exact) mass is 214 g/mol. The van der Waals surface area contributed by atoms with E-state index >= 15 is 0 Å². The van der Waals surface area contributed by atoms with E-state index in [0.717, 1.165) is 18.2 Å². The van der Waals surface area contributed by atoms with Crippen molar-refractivity contribution in [1.82, 2.24) is 10.1 Å². The van der Waals surface area contributed by atoms with Gasteiger partial charge in [0.05, 0.1) is 0 Å². The molecule has 0 amide bonds.